The molecule has 0 aromatic carbocycles. The molecule has 6 N–H and O–H groups in total. The first-order valence-corrected chi connectivity index (χ1v) is 2.35. The van der Waals surface area contributed by atoms with E-state index >= 15 is 0 Å². The molecule has 0 unspecified atom stereocenters. The number of rotatable bonds is 0. The van der Waals surface area contributed by atoms with Gasteiger partial charge in [-0.25, -0.2) is 4.57 Å². The summed E-state index contributed by atoms with van der Waals surface area (Å²) in [6.07, 6.45) is 0. The fourth-order valence-corrected chi connectivity index (χ4v) is 0. The molecule has 8 heavy (non-hydrogen) atoms. The van der Waals surface area contributed by atoms with E-state index in [4.69, 9.17) is 19.2 Å². The molecule has 0 bridgehead atoms. The van der Waals surface area contributed by atoms with Crippen molar-refractivity contribution in [2.45, 2.75) is 0 Å². The van der Waals surface area contributed by atoms with E-state index < -0.39 is 7.82 Å². The standard InChI is InChI=1S/Mg.H3N.Na.H3O4P.3H/c;;;1-5(2,3)4;;;/h;1H3;;(H3,1,2,3,4);;;. The molecular formula is H9MgNNaO4P. The van der Waals surface area contributed by atoms with Crippen LogP contribution in [0.4, 0.5) is 0 Å². The summed E-state index contributed by atoms with van der Waals surface area (Å²) in [4.78, 5) is 21.6. The van der Waals surface area contributed by atoms with Crippen LogP contribution in [0.1, 0.15) is 0 Å². The van der Waals surface area contributed by atoms with Gasteiger partial charge >= 0.3 is 60.4 Å². The molecule has 0 heterocycles. The average Bonchev–Trinajstić information content (AvgIpc) is 0.722. The fourth-order valence-electron chi connectivity index (χ4n) is 0. The molecule has 0 aliphatic heterocycles. The Morgan fingerprint density at radius 3 is 1.12 bits per heavy atom. The molecule has 0 aliphatic carbocycles. The van der Waals surface area contributed by atoms with Gasteiger partial charge in [0.2, 0.25) is 0 Å². The van der Waals surface area contributed by atoms with Crippen LogP contribution in [0.5, 0.6) is 0 Å². The molecule has 0 fully saturated rings. The van der Waals surface area contributed by atoms with Gasteiger partial charge in [0.1, 0.15) is 0 Å². The van der Waals surface area contributed by atoms with Gasteiger partial charge in [0, 0.05) is 0 Å². The van der Waals surface area contributed by atoms with Crippen LogP contribution in [-0.4, -0.2) is 67.3 Å². The van der Waals surface area contributed by atoms with Crippen molar-refractivity contribution in [3.05, 3.63) is 0 Å². The quantitative estimate of drug-likeness (QED) is 0.237. The predicted octanol–water partition coefficient (Wildman–Crippen LogP) is -2.33. The Morgan fingerprint density at radius 2 is 1.12 bits per heavy atom. The monoisotopic (exact) mass is 165 g/mol. The van der Waals surface area contributed by atoms with Crippen molar-refractivity contribution in [2.24, 2.45) is 0 Å². The summed E-state index contributed by atoms with van der Waals surface area (Å²) in [6.45, 7) is 0. The van der Waals surface area contributed by atoms with E-state index in [2.05, 4.69) is 0 Å². The molecule has 0 radical (unpaired) electrons. The van der Waals surface area contributed by atoms with Crippen LogP contribution in [0.2, 0.25) is 0 Å². The van der Waals surface area contributed by atoms with Crippen molar-refractivity contribution in [1.82, 2.24) is 6.15 Å². The Hall–Kier alpha value is 1.84. The van der Waals surface area contributed by atoms with E-state index in [9.17, 15) is 0 Å². The zero-order chi connectivity index (χ0) is 4.50. The zero-order valence-corrected chi connectivity index (χ0v) is 3.80. The van der Waals surface area contributed by atoms with Gasteiger partial charge in [-0.2, -0.15) is 0 Å². The van der Waals surface area contributed by atoms with Gasteiger partial charge in [-0.1, -0.05) is 0 Å². The summed E-state index contributed by atoms with van der Waals surface area (Å²) in [7, 11) is -4.64. The maximum absolute atomic E-state index is 8.88. The van der Waals surface area contributed by atoms with Gasteiger partial charge in [-0.05, 0) is 0 Å². The molecule has 0 amide bonds. The molecule has 0 atom stereocenters. The molecule has 0 aliphatic rings. The average molecular weight is 165 g/mol. The summed E-state index contributed by atoms with van der Waals surface area (Å²) in [6, 6.07) is 0. The molecule has 0 aromatic heterocycles. The van der Waals surface area contributed by atoms with E-state index in [1.165, 1.54) is 0 Å². The van der Waals surface area contributed by atoms with E-state index in [1.807, 2.05) is 0 Å². The predicted molar refractivity (Wildman–Crippen MR) is 35.0 cm³/mol. The molecule has 8 heteroatoms. The van der Waals surface area contributed by atoms with Crippen LogP contribution in [-0.2, 0) is 4.57 Å². The van der Waals surface area contributed by atoms with Crippen LogP contribution >= 0.6 is 7.82 Å². The van der Waals surface area contributed by atoms with E-state index in [0.29, 0.717) is 0 Å². The van der Waals surface area contributed by atoms with E-state index in [1.54, 1.807) is 0 Å². The SMILES string of the molecule is N.O=P(O)(O)O.[MgH2].[NaH]. The van der Waals surface area contributed by atoms with Crippen LogP contribution in [0.25, 0.3) is 0 Å². The molecular weight excluding hydrogens is 156 g/mol. The third-order valence-electron chi connectivity index (χ3n) is 0. The second-order valence-electron chi connectivity index (χ2n) is 0.513. The molecule has 0 saturated carbocycles. The van der Waals surface area contributed by atoms with Crippen molar-refractivity contribution in [3.8, 4) is 0 Å². The van der Waals surface area contributed by atoms with Gasteiger partial charge in [-0.3, -0.25) is 0 Å². The normalized spacial score (nSPS) is 7.38. The summed E-state index contributed by atoms with van der Waals surface area (Å²) in [5.74, 6) is 0. The Bertz CT molecular complexity index is 62.2. The summed E-state index contributed by atoms with van der Waals surface area (Å²) >= 11 is 0. The summed E-state index contributed by atoms with van der Waals surface area (Å²) in [5, 5.41) is 0. The second-order valence-corrected chi connectivity index (χ2v) is 1.54. The molecule has 0 rings (SSSR count). The number of hydrogen-bond donors (Lipinski definition) is 4. The molecule has 0 spiro atoms. The van der Waals surface area contributed by atoms with Crippen molar-refractivity contribution >= 4 is 60.4 Å². The Labute approximate surface area is 85.1 Å². The second kappa shape index (κ2) is 8.84. The van der Waals surface area contributed by atoms with Crippen molar-refractivity contribution in [2.75, 3.05) is 0 Å². The van der Waals surface area contributed by atoms with Crippen LogP contribution in [0, 0.1) is 0 Å². The number of phosphoric acid groups is 1. The van der Waals surface area contributed by atoms with Crippen molar-refractivity contribution in [3.63, 3.8) is 0 Å². The Morgan fingerprint density at radius 1 is 1.12 bits per heavy atom. The van der Waals surface area contributed by atoms with Gasteiger partial charge in [0.05, 0.1) is 0 Å². The first kappa shape index (κ1) is 22.5. The van der Waals surface area contributed by atoms with E-state index in [0.717, 1.165) is 0 Å². The molecule has 5 nitrogen and oxygen atoms in total. The van der Waals surface area contributed by atoms with Gasteiger partial charge in [0.15, 0.2) is 0 Å². The van der Waals surface area contributed by atoms with Crippen molar-refractivity contribution < 1.29 is 19.2 Å². The van der Waals surface area contributed by atoms with Gasteiger partial charge in [0.25, 0.3) is 0 Å². The number of hydrogen-bond acceptors (Lipinski definition) is 2. The minimum absolute atomic E-state index is 0. The van der Waals surface area contributed by atoms with Crippen LogP contribution < -0.4 is 6.15 Å². The summed E-state index contributed by atoms with van der Waals surface area (Å²) in [5.41, 5.74) is 0. The maximum atomic E-state index is 8.88. The molecule has 0 saturated heterocycles. The first-order chi connectivity index (χ1) is 2.00. The topological polar surface area (TPSA) is 113 Å². The van der Waals surface area contributed by atoms with Crippen LogP contribution in [0.3, 0.4) is 0 Å². The van der Waals surface area contributed by atoms with Gasteiger partial charge in [-0.15, -0.1) is 0 Å². The minimum atomic E-state index is -4.64. The van der Waals surface area contributed by atoms with Gasteiger partial charge < -0.3 is 20.8 Å². The fraction of sp³-hybridized carbons (Fsp3) is 0. The van der Waals surface area contributed by atoms with Crippen molar-refractivity contribution in [1.29, 1.82) is 0 Å². The molecule has 46 valence electrons. The Balaban J connectivity index is -0.0000000267. The third kappa shape index (κ3) is 109. The Kier molecular flexibility index (Phi) is 24.9. The molecule has 0 aromatic rings. The zero-order valence-electron chi connectivity index (χ0n) is 2.90. The van der Waals surface area contributed by atoms with Crippen LogP contribution in [0.15, 0.2) is 0 Å². The first-order valence-electron chi connectivity index (χ1n) is 0.783. The van der Waals surface area contributed by atoms with E-state index in [-0.39, 0.29) is 58.8 Å². The summed E-state index contributed by atoms with van der Waals surface area (Å²) < 4.78 is 8.88. The third-order valence-corrected chi connectivity index (χ3v) is 0.